The largest absolute Gasteiger partial charge is 0.496 e. The van der Waals surface area contributed by atoms with Gasteiger partial charge in [-0.05, 0) is 32.8 Å². The van der Waals surface area contributed by atoms with Gasteiger partial charge < -0.3 is 19.8 Å². The molecule has 2 aromatic heterocycles. The molecule has 7 nitrogen and oxygen atoms in total. The molecule has 1 aromatic carbocycles. The van der Waals surface area contributed by atoms with E-state index in [1.165, 1.54) is 25.6 Å². The number of nitrogens with zero attached hydrogens (tertiary/aromatic N) is 2. The number of aromatic nitrogens is 2. The van der Waals surface area contributed by atoms with Gasteiger partial charge in [0.15, 0.2) is 0 Å². The SMILES string of the molecule is COc1cc(F)ccc1CNC(=O)c1c(C)oc2ncnc(NC3(C)CC3)c12. The van der Waals surface area contributed by atoms with Crippen LogP contribution in [-0.4, -0.2) is 28.5 Å². The summed E-state index contributed by atoms with van der Waals surface area (Å²) < 4.78 is 24.2. The van der Waals surface area contributed by atoms with Gasteiger partial charge in [-0.25, -0.2) is 14.4 Å². The van der Waals surface area contributed by atoms with Crippen molar-refractivity contribution >= 4 is 22.8 Å². The minimum Gasteiger partial charge on any atom is -0.496 e. The average molecular weight is 384 g/mol. The number of fused-ring (bicyclic) bond motifs is 1. The lowest BCUT2D eigenvalue weighted by atomic mass is 10.1. The van der Waals surface area contributed by atoms with E-state index in [2.05, 4.69) is 27.5 Å². The van der Waals surface area contributed by atoms with Crippen LogP contribution < -0.4 is 15.4 Å². The summed E-state index contributed by atoms with van der Waals surface area (Å²) in [6.07, 6.45) is 3.51. The van der Waals surface area contributed by atoms with Crippen molar-refractivity contribution in [3.05, 3.63) is 47.2 Å². The van der Waals surface area contributed by atoms with E-state index in [0.717, 1.165) is 12.8 Å². The highest BCUT2D eigenvalue weighted by molar-refractivity contribution is 6.10. The summed E-state index contributed by atoms with van der Waals surface area (Å²) in [7, 11) is 1.46. The van der Waals surface area contributed by atoms with Gasteiger partial charge in [-0.2, -0.15) is 0 Å². The topological polar surface area (TPSA) is 89.3 Å². The zero-order valence-electron chi connectivity index (χ0n) is 15.9. The molecule has 0 saturated heterocycles. The summed E-state index contributed by atoms with van der Waals surface area (Å²) in [6, 6.07) is 4.19. The van der Waals surface area contributed by atoms with Gasteiger partial charge in [0.2, 0.25) is 5.71 Å². The molecule has 0 radical (unpaired) electrons. The number of halogens is 1. The molecule has 0 aliphatic heterocycles. The van der Waals surface area contributed by atoms with Crippen LogP contribution in [0, 0.1) is 12.7 Å². The summed E-state index contributed by atoms with van der Waals surface area (Å²) in [5.41, 5.74) is 1.41. The molecule has 0 atom stereocenters. The number of nitrogens with one attached hydrogen (secondary N) is 2. The number of rotatable bonds is 6. The first-order chi connectivity index (χ1) is 13.4. The van der Waals surface area contributed by atoms with E-state index in [4.69, 9.17) is 9.15 Å². The van der Waals surface area contributed by atoms with Gasteiger partial charge in [0.1, 0.15) is 29.5 Å². The molecular formula is C20H21FN4O3. The number of carbonyl (C=O) groups is 1. The minimum absolute atomic E-state index is 0.0122. The summed E-state index contributed by atoms with van der Waals surface area (Å²) in [6.45, 7) is 4.01. The second-order valence-corrected chi connectivity index (χ2v) is 7.26. The number of ether oxygens (including phenoxy) is 1. The first-order valence-electron chi connectivity index (χ1n) is 9.03. The van der Waals surface area contributed by atoms with Crippen molar-refractivity contribution in [1.29, 1.82) is 0 Å². The second kappa shape index (κ2) is 6.78. The van der Waals surface area contributed by atoms with Crippen molar-refractivity contribution in [1.82, 2.24) is 15.3 Å². The van der Waals surface area contributed by atoms with Gasteiger partial charge in [0.05, 0.1) is 18.1 Å². The number of amides is 1. The van der Waals surface area contributed by atoms with Crippen molar-refractivity contribution < 1.29 is 18.3 Å². The van der Waals surface area contributed by atoms with Gasteiger partial charge in [0, 0.05) is 23.7 Å². The molecule has 0 unspecified atom stereocenters. The normalized spacial score (nSPS) is 14.7. The third-order valence-electron chi connectivity index (χ3n) is 5.00. The van der Waals surface area contributed by atoms with Crippen LogP contribution in [-0.2, 0) is 6.54 Å². The molecule has 8 heteroatoms. The number of furan rings is 1. The molecule has 1 fully saturated rings. The Hall–Kier alpha value is -3.16. The molecular weight excluding hydrogens is 363 g/mol. The molecule has 4 rings (SSSR count). The highest BCUT2D eigenvalue weighted by Crippen LogP contribution is 2.40. The fourth-order valence-corrected chi connectivity index (χ4v) is 3.14. The zero-order valence-corrected chi connectivity index (χ0v) is 15.9. The maximum atomic E-state index is 13.4. The van der Waals surface area contributed by atoms with E-state index >= 15 is 0 Å². The first kappa shape index (κ1) is 18.2. The molecule has 2 heterocycles. The number of methoxy groups -OCH3 is 1. The maximum absolute atomic E-state index is 13.4. The molecule has 3 aromatic rings. The lowest BCUT2D eigenvalue weighted by Crippen LogP contribution is -2.24. The molecule has 1 saturated carbocycles. The third-order valence-corrected chi connectivity index (χ3v) is 5.00. The minimum atomic E-state index is -0.398. The quantitative estimate of drug-likeness (QED) is 0.675. The highest BCUT2D eigenvalue weighted by atomic mass is 19.1. The van der Waals surface area contributed by atoms with Gasteiger partial charge in [0.25, 0.3) is 5.91 Å². The fraction of sp³-hybridized carbons (Fsp3) is 0.350. The smallest absolute Gasteiger partial charge is 0.255 e. The molecule has 0 spiro atoms. The Morgan fingerprint density at radius 2 is 2.14 bits per heavy atom. The van der Waals surface area contributed by atoms with Crippen molar-refractivity contribution in [2.75, 3.05) is 12.4 Å². The molecule has 2 N–H and O–H groups in total. The van der Waals surface area contributed by atoms with Crippen LogP contribution in [0.5, 0.6) is 5.75 Å². The fourth-order valence-electron chi connectivity index (χ4n) is 3.14. The van der Waals surface area contributed by atoms with Crippen molar-refractivity contribution in [3.8, 4) is 5.75 Å². The Morgan fingerprint density at radius 1 is 1.36 bits per heavy atom. The van der Waals surface area contributed by atoms with E-state index < -0.39 is 5.82 Å². The number of carbonyl (C=O) groups excluding carboxylic acids is 1. The zero-order chi connectivity index (χ0) is 19.9. The summed E-state index contributed by atoms with van der Waals surface area (Å²) in [5, 5.41) is 6.81. The predicted octanol–water partition coefficient (Wildman–Crippen LogP) is 3.57. The van der Waals surface area contributed by atoms with Crippen LogP contribution in [0.4, 0.5) is 10.2 Å². The molecule has 0 bridgehead atoms. The van der Waals surface area contributed by atoms with Gasteiger partial charge in [-0.1, -0.05) is 6.07 Å². The van der Waals surface area contributed by atoms with Crippen LogP contribution in [0.3, 0.4) is 0 Å². The molecule has 1 amide bonds. The van der Waals surface area contributed by atoms with Crippen molar-refractivity contribution in [2.24, 2.45) is 0 Å². The lowest BCUT2D eigenvalue weighted by molar-refractivity contribution is 0.0950. The number of anilines is 1. The number of aryl methyl sites for hydroxylation is 1. The monoisotopic (exact) mass is 384 g/mol. The van der Waals surface area contributed by atoms with Gasteiger partial charge in [-0.3, -0.25) is 4.79 Å². The summed E-state index contributed by atoms with van der Waals surface area (Å²) in [5.74, 6) is 0.710. The molecule has 1 aliphatic carbocycles. The Morgan fingerprint density at radius 3 is 2.86 bits per heavy atom. The molecule has 1 aliphatic rings. The Labute approximate surface area is 161 Å². The lowest BCUT2D eigenvalue weighted by Gasteiger charge is -2.13. The van der Waals surface area contributed by atoms with Crippen molar-refractivity contribution in [2.45, 2.75) is 38.8 Å². The highest BCUT2D eigenvalue weighted by Gasteiger charge is 2.38. The van der Waals surface area contributed by atoms with E-state index in [0.29, 0.717) is 39.6 Å². The van der Waals surface area contributed by atoms with Crippen LogP contribution in [0.2, 0.25) is 0 Å². The van der Waals surface area contributed by atoms with Crippen LogP contribution in [0.15, 0.2) is 28.9 Å². The second-order valence-electron chi connectivity index (χ2n) is 7.26. The maximum Gasteiger partial charge on any atom is 0.255 e. The van der Waals surface area contributed by atoms with Crippen LogP contribution in [0.25, 0.3) is 11.1 Å². The number of benzene rings is 1. The van der Waals surface area contributed by atoms with Crippen molar-refractivity contribution in [3.63, 3.8) is 0 Å². The van der Waals surface area contributed by atoms with E-state index in [-0.39, 0.29) is 18.0 Å². The van der Waals surface area contributed by atoms with Gasteiger partial charge >= 0.3 is 0 Å². The average Bonchev–Trinajstić information content (AvgIpc) is 3.28. The van der Waals surface area contributed by atoms with Crippen LogP contribution >= 0.6 is 0 Å². The van der Waals surface area contributed by atoms with Gasteiger partial charge in [-0.15, -0.1) is 0 Å². The third kappa shape index (κ3) is 3.37. The van der Waals surface area contributed by atoms with E-state index in [9.17, 15) is 9.18 Å². The first-order valence-corrected chi connectivity index (χ1v) is 9.03. The van der Waals surface area contributed by atoms with E-state index in [1.54, 1.807) is 13.0 Å². The standard InChI is InChI=1S/C20H21FN4O3/c1-11-15(18(26)22-9-12-4-5-13(21)8-14(12)27-3)16-17(25-20(2)6-7-20)23-10-24-19(16)28-11/h4-5,8,10H,6-7,9H2,1-3H3,(H,22,26)(H,23,24,25). The Balaban J connectivity index is 1.63. The molecule has 146 valence electrons. The molecule has 28 heavy (non-hydrogen) atoms. The van der Waals surface area contributed by atoms with E-state index in [1.807, 2.05) is 0 Å². The number of hydrogen-bond acceptors (Lipinski definition) is 6. The number of hydrogen-bond donors (Lipinski definition) is 2. The summed E-state index contributed by atoms with van der Waals surface area (Å²) >= 11 is 0. The van der Waals surface area contributed by atoms with Crippen LogP contribution in [0.1, 0.15) is 41.4 Å². The Bertz CT molecular complexity index is 1060. The Kier molecular flexibility index (Phi) is 4.41. The summed E-state index contributed by atoms with van der Waals surface area (Å²) in [4.78, 5) is 21.4. The predicted molar refractivity (Wildman–Crippen MR) is 102 cm³/mol.